The van der Waals surface area contributed by atoms with E-state index in [1.807, 2.05) is 0 Å². The molecule has 5 nitrogen and oxygen atoms in total. The lowest BCUT2D eigenvalue weighted by Crippen LogP contribution is -2.11. The molecule has 0 aliphatic rings. The van der Waals surface area contributed by atoms with Crippen molar-refractivity contribution in [3.63, 3.8) is 0 Å². The van der Waals surface area contributed by atoms with Crippen molar-refractivity contribution >= 4 is 27.1 Å². The summed E-state index contributed by atoms with van der Waals surface area (Å²) in [5.41, 5.74) is 1.49. The van der Waals surface area contributed by atoms with Gasteiger partial charge in [0.1, 0.15) is 5.82 Å². The number of nitrogens with zero attached hydrogens (tertiary/aromatic N) is 1. The number of rotatable bonds is 4. The van der Waals surface area contributed by atoms with E-state index >= 15 is 0 Å². The number of anilines is 3. The van der Waals surface area contributed by atoms with Gasteiger partial charge in [-0.2, -0.15) is 0 Å². The minimum atomic E-state index is -3.38. The molecular formula is C12H12FN3O2S. The Labute approximate surface area is 110 Å². The van der Waals surface area contributed by atoms with Gasteiger partial charge in [0.15, 0.2) is 0 Å². The molecular weight excluding hydrogens is 269 g/mol. The van der Waals surface area contributed by atoms with Crippen LogP contribution in [-0.4, -0.2) is 19.7 Å². The first-order valence-electron chi connectivity index (χ1n) is 5.38. The average Bonchev–Trinajstić information content (AvgIpc) is 2.33. The molecule has 1 aromatic carbocycles. The van der Waals surface area contributed by atoms with E-state index < -0.39 is 10.0 Å². The minimum absolute atomic E-state index is 0.341. The normalized spacial score (nSPS) is 11.1. The van der Waals surface area contributed by atoms with Crippen molar-refractivity contribution in [1.29, 1.82) is 0 Å². The van der Waals surface area contributed by atoms with E-state index in [1.165, 1.54) is 30.6 Å². The summed E-state index contributed by atoms with van der Waals surface area (Å²) in [5, 5.41) is 2.97. The quantitative estimate of drug-likeness (QED) is 0.902. The van der Waals surface area contributed by atoms with E-state index in [0.717, 1.165) is 6.26 Å². The zero-order valence-corrected chi connectivity index (χ0v) is 10.9. The maximum atomic E-state index is 12.8. The monoisotopic (exact) mass is 281 g/mol. The van der Waals surface area contributed by atoms with Crippen LogP contribution in [0.5, 0.6) is 0 Å². The highest BCUT2D eigenvalue weighted by Gasteiger charge is 2.07. The second-order valence-corrected chi connectivity index (χ2v) is 5.68. The number of halogens is 1. The predicted molar refractivity (Wildman–Crippen MR) is 72.4 cm³/mol. The van der Waals surface area contributed by atoms with E-state index in [4.69, 9.17) is 0 Å². The maximum Gasteiger partial charge on any atom is 0.229 e. The maximum absolute atomic E-state index is 12.8. The van der Waals surface area contributed by atoms with E-state index in [2.05, 4.69) is 15.0 Å². The molecule has 0 atom stereocenters. The third-order valence-corrected chi connectivity index (χ3v) is 2.83. The van der Waals surface area contributed by atoms with Crippen LogP contribution in [0.15, 0.2) is 42.7 Å². The van der Waals surface area contributed by atoms with Crippen LogP contribution in [0.4, 0.5) is 21.5 Å². The molecule has 19 heavy (non-hydrogen) atoms. The molecule has 2 aromatic rings. The molecule has 2 rings (SSSR count). The van der Waals surface area contributed by atoms with Crippen LogP contribution in [0.1, 0.15) is 0 Å². The van der Waals surface area contributed by atoms with Crippen LogP contribution in [0.2, 0.25) is 0 Å². The summed E-state index contributed by atoms with van der Waals surface area (Å²) in [5.74, 6) is -0.341. The average molecular weight is 281 g/mol. The highest BCUT2D eigenvalue weighted by Crippen LogP contribution is 2.24. The Morgan fingerprint density at radius 1 is 1.11 bits per heavy atom. The molecule has 0 unspecified atom stereocenters. The Hall–Kier alpha value is -2.15. The number of hydrogen-bond donors (Lipinski definition) is 2. The van der Waals surface area contributed by atoms with Crippen molar-refractivity contribution in [3.05, 3.63) is 48.5 Å². The lowest BCUT2D eigenvalue weighted by molar-refractivity contribution is 0.607. The van der Waals surface area contributed by atoms with Gasteiger partial charge in [0.2, 0.25) is 10.0 Å². The lowest BCUT2D eigenvalue weighted by atomic mass is 10.3. The first-order chi connectivity index (χ1) is 8.94. The van der Waals surface area contributed by atoms with Gasteiger partial charge in [-0.15, -0.1) is 0 Å². The fraction of sp³-hybridized carbons (Fsp3) is 0.0833. The zero-order chi connectivity index (χ0) is 13.9. The second-order valence-electron chi connectivity index (χ2n) is 3.93. The number of pyridine rings is 1. The van der Waals surface area contributed by atoms with Crippen molar-refractivity contribution in [2.24, 2.45) is 0 Å². The van der Waals surface area contributed by atoms with Crippen LogP contribution in [0.25, 0.3) is 0 Å². The third-order valence-electron chi connectivity index (χ3n) is 2.24. The van der Waals surface area contributed by atoms with Crippen molar-refractivity contribution in [3.8, 4) is 0 Å². The molecule has 0 saturated carbocycles. The molecule has 0 saturated heterocycles. The predicted octanol–water partition coefficient (Wildman–Crippen LogP) is 2.34. The molecule has 2 N–H and O–H groups in total. The van der Waals surface area contributed by atoms with E-state index in [-0.39, 0.29) is 5.82 Å². The minimum Gasteiger partial charge on any atom is -0.353 e. The Bertz CT molecular complexity index is 672. The van der Waals surface area contributed by atoms with E-state index in [1.54, 1.807) is 12.1 Å². The Balaban J connectivity index is 2.27. The summed E-state index contributed by atoms with van der Waals surface area (Å²) in [6, 6.07) is 7.25. The molecule has 0 aliphatic heterocycles. The van der Waals surface area contributed by atoms with Crippen LogP contribution in [0, 0.1) is 5.82 Å². The highest BCUT2D eigenvalue weighted by molar-refractivity contribution is 7.92. The van der Waals surface area contributed by atoms with Crippen LogP contribution in [-0.2, 0) is 10.0 Å². The van der Waals surface area contributed by atoms with Gasteiger partial charge in [-0.3, -0.25) is 9.71 Å². The van der Waals surface area contributed by atoms with Crippen molar-refractivity contribution in [2.45, 2.75) is 0 Å². The van der Waals surface area contributed by atoms with E-state index in [0.29, 0.717) is 17.1 Å². The Morgan fingerprint density at radius 2 is 1.79 bits per heavy atom. The van der Waals surface area contributed by atoms with E-state index in [9.17, 15) is 12.8 Å². The second kappa shape index (κ2) is 5.23. The fourth-order valence-corrected chi connectivity index (χ4v) is 2.05. The number of nitrogens with one attached hydrogen (secondary N) is 2. The number of aromatic nitrogens is 1. The number of hydrogen-bond acceptors (Lipinski definition) is 4. The van der Waals surface area contributed by atoms with Gasteiger partial charge in [0.05, 0.1) is 23.8 Å². The Kier molecular flexibility index (Phi) is 3.66. The fourth-order valence-electron chi connectivity index (χ4n) is 1.47. The van der Waals surface area contributed by atoms with Crippen molar-refractivity contribution in [1.82, 2.24) is 4.98 Å². The smallest absolute Gasteiger partial charge is 0.229 e. The molecule has 0 radical (unpaired) electrons. The molecule has 100 valence electrons. The van der Waals surface area contributed by atoms with Crippen LogP contribution < -0.4 is 10.0 Å². The number of sulfonamides is 1. The van der Waals surface area contributed by atoms with Crippen molar-refractivity contribution in [2.75, 3.05) is 16.3 Å². The first-order valence-corrected chi connectivity index (χ1v) is 7.27. The summed E-state index contributed by atoms with van der Waals surface area (Å²) in [4.78, 5) is 3.92. The summed E-state index contributed by atoms with van der Waals surface area (Å²) in [6.07, 6.45) is 4.02. The number of benzene rings is 1. The van der Waals surface area contributed by atoms with Crippen LogP contribution >= 0.6 is 0 Å². The molecule has 1 aromatic heterocycles. The molecule has 0 fully saturated rings. The molecule has 1 heterocycles. The first kappa shape index (κ1) is 13.3. The molecule has 0 aliphatic carbocycles. The standard InChI is InChI=1S/C12H12FN3O2S/c1-19(17,18)16-11-6-7-14-8-12(11)15-10-4-2-9(13)3-5-10/h2-8,15H,1H3,(H,14,16). The SMILES string of the molecule is CS(=O)(=O)Nc1ccncc1Nc1ccc(F)cc1. The van der Waals surface area contributed by atoms with Gasteiger partial charge in [0, 0.05) is 11.9 Å². The van der Waals surface area contributed by atoms with Crippen molar-refractivity contribution < 1.29 is 12.8 Å². The van der Waals surface area contributed by atoms with Gasteiger partial charge in [-0.1, -0.05) is 0 Å². The van der Waals surface area contributed by atoms with Gasteiger partial charge in [0.25, 0.3) is 0 Å². The Morgan fingerprint density at radius 3 is 2.42 bits per heavy atom. The largest absolute Gasteiger partial charge is 0.353 e. The molecule has 0 bridgehead atoms. The zero-order valence-electron chi connectivity index (χ0n) is 10.1. The summed E-state index contributed by atoms with van der Waals surface area (Å²) in [7, 11) is -3.38. The highest BCUT2D eigenvalue weighted by atomic mass is 32.2. The van der Waals surface area contributed by atoms with Gasteiger partial charge < -0.3 is 5.32 Å². The molecule has 0 amide bonds. The summed E-state index contributed by atoms with van der Waals surface area (Å²) >= 11 is 0. The summed E-state index contributed by atoms with van der Waals surface area (Å²) < 4.78 is 37.7. The van der Waals surface area contributed by atoms with Gasteiger partial charge in [-0.05, 0) is 30.3 Å². The lowest BCUT2D eigenvalue weighted by Gasteiger charge is -2.12. The van der Waals surface area contributed by atoms with Gasteiger partial charge in [-0.25, -0.2) is 12.8 Å². The topological polar surface area (TPSA) is 71.1 Å². The molecule has 7 heteroatoms. The molecule has 0 spiro atoms. The summed E-state index contributed by atoms with van der Waals surface area (Å²) in [6.45, 7) is 0. The third kappa shape index (κ3) is 3.92. The van der Waals surface area contributed by atoms with Crippen LogP contribution in [0.3, 0.4) is 0 Å². The van der Waals surface area contributed by atoms with Gasteiger partial charge >= 0.3 is 0 Å².